The molecule has 0 aromatic heterocycles. The SMILES string of the molecule is CNCC(F)(F)CN(C(=O)OCc1ccccc1)C(=O)OC(C)(C)C. The van der Waals surface area contributed by atoms with E-state index in [-0.39, 0.29) is 11.5 Å². The van der Waals surface area contributed by atoms with E-state index in [9.17, 15) is 18.4 Å². The maximum absolute atomic E-state index is 13.9. The number of nitrogens with zero attached hydrogens (tertiary/aromatic N) is 1. The number of carbonyl (C=O) groups is 2. The summed E-state index contributed by atoms with van der Waals surface area (Å²) in [4.78, 5) is 24.6. The molecule has 140 valence electrons. The van der Waals surface area contributed by atoms with E-state index in [1.54, 1.807) is 51.1 Å². The van der Waals surface area contributed by atoms with Gasteiger partial charge in [-0.3, -0.25) is 0 Å². The molecule has 0 heterocycles. The van der Waals surface area contributed by atoms with Crippen molar-refractivity contribution in [3.63, 3.8) is 0 Å². The molecule has 0 radical (unpaired) electrons. The van der Waals surface area contributed by atoms with E-state index >= 15 is 0 Å². The fraction of sp³-hybridized carbons (Fsp3) is 0.529. The van der Waals surface area contributed by atoms with Crippen LogP contribution in [-0.4, -0.2) is 48.7 Å². The van der Waals surface area contributed by atoms with E-state index in [1.165, 1.54) is 7.05 Å². The maximum atomic E-state index is 13.9. The lowest BCUT2D eigenvalue weighted by Gasteiger charge is -2.28. The van der Waals surface area contributed by atoms with Gasteiger partial charge >= 0.3 is 12.2 Å². The fourth-order valence-electron chi connectivity index (χ4n) is 1.86. The van der Waals surface area contributed by atoms with Gasteiger partial charge in [-0.15, -0.1) is 0 Å². The zero-order valence-electron chi connectivity index (χ0n) is 14.8. The highest BCUT2D eigenvalue weighted by Crippen LogP contribution is 2.18. The van der Waals surface area contributed by atoms with Gasteiger partial charge in [-0.1, -0.05) is 30.3 Å². The van der Waals surface area contributed by atoms with Crippen LogP contribution in [0.25, 0.3) is 0 Å². The van der Waals surface area contributed by atoms with Crippen molar-refractivity contribution in [2.24, 2.45) is 0 Å². The molecule has 2 amide bonds. The topological polar surface area (TPSA) is 67.9 Å². The molecule has 0 aliphatic rings. The molecular weight excluding hydrogens is 334 g/mol. The van der Waals surface area contributed by atoms with Gasteiger partial charge in [0.2, 0.25) is 0 Å². The Kier molecular flexibility index (Phi) is 7.29. The van der Waals surface area contributed by atoms with Crippen LogP contribution in [-0.2, 0) is 16.1 Å². The molecule has 0 spiro atoms. The number of carbonyl (C=O) groups excluding carboxylic acids is 2. The van der Waals surface area contributed by atoms with E-state index in [4.69, 9.17) is 9.47 Å². The average Bonchev–Trinajstić information content (AvgIpc) is 2.49. The molecule has 0 aliphatic heterocycles. The summed E-state index contributed by atoms with van der Waals surface area (Å²) in [7, 11) is 1.35. The lowest BCUT2D eigenvalue weighted by atomic mass is 10.2. The van der Waals surface area contributed by atoms with Crippen LogP contribution in [0.5, 0.6) is 0 Å². The summed E-state index contributed by atoms with van der Waals surface area (Å²) < 4.78 is 37.8. The highest BCUT2D eigenvalue weighted by atomic mass is 19.3. The Labute approximate surface area is 146 Å². The molecule has 0 atom stereocenters. The molecule has 1 aromatic rings. The summed E-state index contributed by atoms with van der Waals surface area (Å²) >= 11 is 0. The van der Waals surface area contributed by atoms with Gasteiger partial charge in [0.1, 0.15) is 18.8 Å². The second-order valence-electron chi connectivity index (χ2n) is 6.49. The summed E-state index contributed by atoms with van der Waals surface area (Å²) in [5, 5.41) is 2.32. The van der Waals surface area contributed by atoms with Crippen molar-refractivity contribution in [1.29, 1.82) is 0 Å². The lowest BCUT2D eigenvalue weighted by molar-refractivity contribution is -0.0388. The second-order valence-corrected chi connectivity index (χ2v) is 6.49. The normalized spacial score (nSPS) is 11.8. The van der Waals surface area contributed by atoms with E-state index in [1.807, 2.05) is 0 Å². The molecule has 0 saturated heterocycles. The average molecular weight is 358 g/mol. The minimum Gasteiger partial charge on any atom is -0.444 e. The fourth-order valence-corrected chi connectivity index (χ4v) is 1.86. The second kappa shape index (κ2) is 8.75. The molecule has 1 aromatic carbocycles. The number of benzene rings is 1. The molecule has 0 bridgehead atoms. The van der Waals surface area contributed by atoms with Gasteiger partial charge < -0.3 is 14.8 Å². The molecule has 0 fully saturated rings. The Morgan fingerprint density at radius 1 is 1.12 bits per heavy atom. The molecule has 0 saturated carbocycles. The van der Waals surface area contributed by atoms with E-state index < -0.39 is 36.8 Å². The predicted molar refractivity (Wildman–Crippen MR) is 88.4 cm³/mol. The van der Waals surface area contributed by atoms with Crippen molar-refractivity contribution in [2.75, 3.05) is 20.1 Å². The number of hydrogen-bond donors (Lipinski definition) is 1. The predicted octanol–water partition coefficient (Wildman–Crippen LogP) is 3.42. The molecule has 8 heteroatoms. The minimum atomic E-state index is -3.32. The molecule has 0 unspecified atom stereocenters. The largest absolute Gasteiger partial charge is 0.444 e. The Morgan fingerprint density at radius 3 is 2.24 bits per heavy atom. The van der Waals surface area contributed by atoms with Crippen molar-refractivity contribution >= 4 is 12.2 Å². The Bertz CT molecular complexity index is 574. The van der Waals surface area contributed by atoms with Gasteiger partial charge in [0, 0.05) is 0 Å². The summed E-state index contributed by atoms with van der Waals surface area (Å²) in [6, 6.07) is 8.70. The smallest absolute Gasteiger partial charge is 0.420 e. The third-order valence-electron chi connectivity index (χ3n) is 2.86. The Balaban J connectivity index is 2.84. The van der Waals surface area contributed by atoms with Crippen molar-refractivity contribution in [2.45, 2.75) is 38.9 Å². The summed E-state index contributed by atoms with van der Waals surface area (Å²) in [6.07, 6.45) is -2.37. The quantitative estimate of drug-likeness (QED) is 0.844. The lowest BCUT2D eigenvalue weighted by Crippen LogP contribution is -2.49. The molecular formula is C17H24F2N2O4. The number of rotatable bonds is 6. The zero-order chi connectivity index (χ0) is 19.1. The summed E-state index contributed by atoms with van der Waals surface area (Å²) in [5.74, 6) is -3.32. The Morgan fingerprint density at radius 2 is 1.72 bits per heavy atom. The van der Waals surface area contributed by atoms with Crippen LogP contribution in [0.4, 0.5) is 18.4 Å². The first-order chi connectivity index (χ1) is 11.5. The highest BCUT2D eigenvalue weighted by molar-refractivity contribution is 5.88. The van der Waals surface area contributed by atoms with Gasteiger partial charge in [0.05, 0.1) is 6.54 Å². The van der Waals surface area contributed by atoms with E-state index in [0.717, 1.165) is 0 Å². The third kappa shape index (κ3) is 7.93. The number of alkyl halides is 2. The molecule has 1 N–H and O–H groups in total. The minimum absolute atomic E-state index is 0.142. The van der Waals surface area contributed by atoms with E-state index in [2.05, 4.69) is 5.32 Å². The summed E-state index contributed by atoms with van der Waals surface area (Å²) in [6.45, 7) is 2.74. The first kappa shape index (κ1) is 20.8. The standard InChI is InChI=1S/C17H24F2N2O4/c1-16(2,3)25-15(23)21(12-17(18,19)11-20-4)14(22)24-10-13-8-6-5-7-9-13/h5-9,20H,10-12H2,1-4H3. The van der Waals surface area contributed by atoms with Gasteiger partial charge in [-0.2, -0.15) is 0 Å². The first-order valence-electron chi connectivity index (χ1n) is 7.78. The van der Waals surface area contributed by atoms with Crippen LogP contribution in [0, 0.1) is 0 Å². The van der Waals surface area contributed by atoms with Crippen molar-refractivity contribution in [3.05, 3.63) is 35.9 Å². The molecule has 0 aliphatic carbocycles. The van der Waals surface area contributed by atoms with Crippen LogP contribution in [0.2, 0.25) is 0 Å². The third-order valence-corrected chi connectivity index (χ3v) is 2.86. The van der Waals surface area contributed by atoms with Gasteiger partial charge in [-0.05, 0) is 33.4 Å². The maximum Gasteiger partial charge on any atom is 0.420 e. The van der Waals surface area contributed by atoms with Crippen molar-refractivity contribution < 1.29 is 27.8 Å². The highest BCUT2D eigenvalue weighted by Gasteiger charge is 2.39. The number of hydrogen-bond acceptors (Lipinski definition) is 5. The monoisotopic (exact) mass is 358 g/mol. The van der Waals surface area contributed by atoms with Gasteiger partial charge in [0.25, 0.3) is 5.92 Å². The van der Waals surface area contributed by atoms with Crippen LogP contribution >= 0.6 is 0 Å². The van der Waals surface area contributed by atoms with Crippen molar-refractivity contribution in [3.8, 4) is 0 Å². The van der Waals surface area contributed by atoms with Crippen molar-refractivity contribution in [1.82, 2.24) is 10.2 Å². The van der Waals surface area contributed by atoms with Crippen LogP contribution in [0.3, 0.4) is 0 Å². The summed E-state index contributed by atoms with van der Waals surface area (Å²) in [5.41, 5.74) is -0.269. The van der Waals surface area contributed by atoms with Crippen LogP contribution in [0.1, 0.15) is 26.3 Å². The Hall–Kier alpha value is -2.22. The number of amides is 2. The number of ether oxygens (including phenoxy) is 2. The molecule has 25 heavy (non-hydrogen) atoms. The van der Waals surface area contributed by atoms with Gasteiger partial charge in [0.15, 0.2) is 0 Å². The van der Waals surface area contributed by atoms with E-state index in [0.29, 0.717) is 5.56 Å². The number of nitrogens with one attached hydrogen (secondary N) is 1. The first-order valence-corrected chi connectivity index (χ1v) is 7.78. The zero-order valence-corrected chi connectivity index (χ0v) is 14.8. The van der Waals surface area contributed by atoms with Gasteiger partial charge in [-0.25, -0.2) is 23.3 Å². The number of imide groups is 1. The number of halogens is 2. The van der Waals surface area contributed by atoms with Crippen LogP contribution < -0.4 is 5.32 Å². The van der Waals surface area contributed by atoms with Crippen LogP contribution in [0.15, 0.2) is 30.3 Å². The molecule has 1 rings (SSSR count). The molecule has 6 nitrogen and oxygen atoms in total.